The van der Waals surface area contributed by atoms with Gasteiger partial charge in [-0.3, -0.25) is 9.59 Å². The van der Waals surface area contributed by atoms with Gasteiger partial charge in [0.1, 0.15) is 0 Å². The highest BCUT2D eigenvalue weighted by atomic mass is 32.1. The first-order valence-electron chi connectivity index (χ1n) is 13.1. The first-order valence-corrected chi connectivity index (χ1v) is 14.0. The summed E-state index contributed by atoms with van der Waals surface area (Å²) in [7, 11) is 1.96. The first-order chi connectivity index (χ1) is 16.2. The third kappa shape index (κ3) is 7.04. The minimum Gasteiger partial charge on any atom is -0.343 e. The molecular weight excluding hydrogens is 438 g/mol. The Labute approximate surface area is 211 Å². The van der Waals surface area contributed by atoms with Crippen molar-refractivity contribution >= 4 is 23.0 Å². The standard InChI is InChI=1S/C30H43NO2S/c1-22(2)24-18-16-23(17-19-24)11-9-14-26(29(33)27-15-10-20-34-27)30(3,4)21-28(32)31(5)25-12-7-6-8-13-25/h10,15-20,22,25-26H,6-9,11-14,21H2,1-5H3. The van der Waals surface area contributed by atoms with Crippen molar-refractivity contribution in [3.63, 3.8) is 0 Å². The molecule has 1 aromatic heterocycles. The Morgan fingerprint density at radius 1 is 1.06 bits per heavy atom. The van der Waals surface area contributed by atoms with E-state index in [0.717, 1.165) is 37.0 Å². The van der Waals surface area contributed by atoms with E-state index in [1.807, 2.05) is 29.5 Å². The molecule has 0 N–H and O–H groups in total. The lowest BCUT2D eigenvalue weighted by molar-refractivity contribution is -0.135. The number of carbonyl (C=O) groups is 2. The summed E-state index contributed by atoms with van der Waals surface area (Å²) in [6, 6.07) is 13.1. The lowest BCUT2D eigenvalue weighted by Gasteiger charge is -2.37. The van der Waals surface area contributed by atoms with Crippen molar-refractivity contribution in [3.8, 4) is 0 Å². The molecule has 3 rings (SSSR count). The van der Waals surface area contributed by atoms with E-state index in [2.05, 4.69) is 52.0 Å². The second-order valence-electron chi connectivity index (χ2n) is 11.1. The largest absolute Gasteiger partial charge is 0.343 e. The molecule has 0 aliphatic heterocycles. The molecule has 34 heavy (non-hydrogen) atoms. The molecule has 1 aliphatic rings. The molecule has 1 fully saturated rings. The van der Waals surface area contributed by atoms with Crippen LogP contribution in [0.4, 0.5) is 0 Å². The van der Waals surface area contributed by atoms with Gasteiger partial charge in [-0.2, -0.15) is 0 Å². The van der Waals surface area contributed by atoms with Crippen LogP contribution in [0.25, 0.3) is 0 Å². The highest BCUT2D eigenvalue weighted by Gasteiger charge is 2.38. The molecule has 0 bridgehead atoms. The molecule has 2 aromatic rings. The van der Waals surface area contributed by atoms with E-state index in [9.17, 15) is 9.59 Å². The molecule has 1 amide bonds. The summed E-state index contributed by atoms with van der Waals surface area (Å²) in [4.78, 5) is 29.6. The van der Waals surface area contributed by atoms with Gasteiger partial charge in [0.25, 0.3) is 0 Å². The van der Waals surface area contributed by atoms with Crippen molar-refractivity contribution in [3.05, 3.63) is 57.8 Å². The number of nitrogens with zero attached hydrogens (tertiary/aromatic N) is 1. The minimum absolute atomic E-state index is 0.162. The van der Waals surface area contributed by atoms with Gasteiger partial charge in [0, 0.05) is 25.4 Å². The number of amides is 1. The predicted octanol–water partition coefficient (Wildman–Crippen LogP) is 7.90. The van der Waals surface area contributed by atoms with E-state index in [0.29, 0.717) is 18.4 Å². The molecule has 1 aliphatic carbocycles. The fourth-order valence-electron chi connectivity index (χ4n) is 5.36. The van der Waals surface area contributed by atoms with Gasteiger partial charge in [0.05, 0.1) is 4.88 Å². The Kier molecular flexibility index (Phi) is 9.53. The number of rotatable bonds is 11. The van der Waals surface area contributed by atoms with Crippen LogP contribution in [0.5, 0.6) is 0 Å². The summed E-state index contributed by atoms with van der Waals surface area (Å²) in [5.41, 5.74) is 2.29. The highest BCUT2D eigenvalue weighted by Crippen LogP contribution is 2.38. The Morgan fingerprint density at radius 2 is 1.74 bits per heavy atom. The lowest BCUT2D eigenvalue weighted by Crippen LogP contribution is -2.42. The van der Waals surface area contributed by atoms with Crippen LogP contribution < -0.4 is 0 Å². The van der Waals surface area contributed by atoms with Crippen molar-refractivity contribution < 1.29 is 9.59 Å². The second-order valence-corrected chi connectivity index (χ2v) is 12.1. The minimum atomic E-state index is -0.386. The predicted molar refractivity (Wildman–Crippen MR) is 144 cm³/mol. The number of hydrogen-bond acceptors (Lipinski definition) is 3. The zero-order valence-electron chi connectivity index (χ0n) is 21.8. The molecular formula is C30H43NO2S. The summed E-state index contributed by atoms with van der Waals surface area (Å²) in [6.07, 6.45) is 9.04. The van der Waals surface area contributed by atoms with E-state index in [4.69, 9.17) is 0 Å². The van der Waals surface area contributed by atoms with E-state index < -0.39 is 0 Å². The molecule has 1 atom stereocenters. The molecule has 186 valence electrons. The maximum Gasteiger partial charge on any atom is 0.223 e. The van der Waals surface area contributed by atoms with Crippen LogP contribution in [0.2, 0.25) is 0 Å². The van der Waals surface area contributed by atoms with E-state index in [1.165, 1.54) is 41.7 Å². The second kappa shape index (κ2) is 12.2. The third-order valence-corrected chi connectivity index (χ3v) is 8.64. The van der Waals surface area contributed by atoms with Crippen molar-refractivity contribution in [1.82, 2.24) is 4.90 Å². The molecule has 0 radical (unpaired) electrons. The third-order valence-electron chi connectivity index (χ3n) is 7.75. The van der Waals surface area contributed by atoms with Crippen LogP contribution in [0, 0.1) is 11.3 Å². The normalized spacial score (nSPS) is 15.9. The Bertz CT molecular complexity index is 908. The van der Waals surface area contributed by atoms with E-state index >= 15 is 0 Å². The summed E-state index contributed by atoms with van der Waals surface area (Å²) in [5, 5.41) is 1.97. The maximum atomic E-state index is 13.6. The van der Waals surface area contributed by atoms with Gasteiger partial charge in [-0.15, -0.1) is 11.3 Å². The number of hydrogen-bond donors (Lipinski definition) is 0. The number of benzene rings is 1. The topological polar surface area (TPSA) is 37.4 Å². The van der Waals surface area contributed by atoms with Gasteiger partial charge in [-0.1, -0.05) is 77.3 Å². The molecule has 0 spiro atoms. The van der Waals surface area contributed by atoms with Crippen molar-refractivity contribution in [2.75, 3.05) is 7.05 Å². The smallest absolute Gasteiger partial charge is 0.223 e. The average molecular weight is 482 g/mol. The molecule has 0 saturated heterocycles. The Balaban J connectivity index is 1.68. The number of thiophene rings is 1. The Morgan fingerprint density at radius 3 is 2.32 bits per heavy atom. The van der Waals surface area contributed by atoms with Gasteiger partial charge in [0.2, 0.25) is 5.91 Å². The monoisotopic (exact) mass is 481 g/mol. The first kappa shape index (κ1) is 26.7. The highest BCUT2D eigenvalue weighted by molar-refractivity contribution is 7.12. The Hall–Kier alpha value is -1.94. The zero-order chi connectivity index (χ0) is 24.7. The number of carbonyl (C=O) groups excluding carboxylic acids is 2. The van der Waals surface area contributed by atoms with Crippen LogP contribution in [0.3, 0.4) is 0 Å². The van der Waals surface area contributed by atoms with Gasteiger partial charge >= 0.3 is 0 Å². The number of Topliss-reactive ketones (excluding diaryl/α,β-unsaturated/α-hetero) is 1. The van der Waals surface area contributed by atoms with E-state index in [1.54, 1.807) is 0 Å². The van der Waals surface area contributed by atoms with Crippen LogP contribution in [0.1, 0.15) is 106 Å². The van der Waals surface area contributed by atoms with Crippen molar-refractivity contribution in [2.24, 2.45) is 11.3 Å². The van der Waals surface area contributed by atoms with Crippen LogP contribution in [-0.2, 0) is 11.2 Å². The number of aryl methyl sites for hydroxylation is 1. The molecule has 1 saturated carbocycles. The van der Waals surface area contributed by atoms with Crippen molar-refractivity contribution in [1.29, 1.82) is 0 Å². The lowest BCUT2D eigenvalue weighted by atomic mass is 9.71. The molecule has 1 unspecified atom stereocenters. The molecule has 4 heteroatoms. The molecule has 1 heterocycles. The summed E-state index contributed by atoms with van der Waals surface area (Å²) < 4.78 is 0. The van der Waals surface area contributed by atoms with E-state index in [-0.39, 0.29) is 23.0 Å². The summed E-state index contributed by atoms with van der Waals surface area (Å²) >= 11 is 1.51. The molecule has 3 nitrogen and oxygen atoms in total. The SMILES string of the molecule is CC(C)c1ccc(CCCC(C(=O)c2cccs2)C(C)(C)CC(=O)N(C)C2CCCCC2)cc1. The van der Waals surface area contributed by atoms with Gasteiger partial charge < -0.3 is 4.90 Å². The average Bonchev–Trinajstić information content (AvgIpc) is 3.36. The quantitative estimate of drug-likeness (QED) is 0.306. The van der Waals surface area contributed by atoms with Gasteiger partial charge in [-0.25, -0.2) is 0 Å². The van der Waals surface area contributed by atoms with Gasteiger partial charge in [-0.05, 0) is 66.0 Å². The summed E-state index contributed by atoms with van der Waals surface area (Å²) in [6.45, 7) is 8.66. The fraction of sp³-hybridized carbons (Fsp3) is 0.600. The fourth-order valence-corrected chi connectivity index (χ4v) is 6.08. The maximum absolute atomic E-state index is 13.6. The zero-order valence-corrected chi connectivity index (χ0v) is 22.6. The van der Waals surface area contributed by atoms with Gasteiger partial charge in [0.15, 0.2) is 5.78 Å². The molecule has 1 aromatic carbocycles. The van der Waals surface area contributed by atoms with Crippen LogP contribution in [-0.4, -0.2) is 29.7 Å². The number of ketones is 1. The van der Waals surface area contributed by atoms with Crippen LogP contribution in [0.15, 0.2) is 41.8 Å². The van der Waals surface area contributed by atoms with Crippen molar-refractivity contribution in [2.45, 2.75) is 97.4 Å². The summed E-state index contributed by atoms with van der Waals surface area (Å²) in [5.74, 6) is 0.755. The van der Waals surface area contributed by atoms with Crippen LogP contribution >= 0.6 is 11.3 Å².